The van der Waals surface area contributed by atoms with Crippen molar-refractivity contribution >= 4 is 22.7 Å². The van der Waals surface area contributed by atoms with Crippen LogP contribution in [0.2, 0.25) is 0 Å². The molecule has 0 bridgehead atoms. The topological polar surface area (TPSA) is 19.0 Å². The van der Waals surface area contributed by atoms with E-state index in [0.29, 0.717) is 0 Å². The van der Waals surface area contributed by atoms with E-state index in [1.807, 2.05) is 0 Å². The first-order valence-electron chi connectivity index (χ1n) is 15.4. The average Bonchev–Trinajstić information content (AvgIpc) is 3.06. The van der Waals surface area contributed by atoms with Gasteiger partial charge in [0, 0.05) is 55.5 Å². The monoisotopic (exact) mass is 567 g/mol. The molecule has 5 aromatic rings. The van der Waals surface area contributed by atoms with Crippen LogP contribution in [-0.4, -0.2) is 44.2 Å². The van der Waals surface area contributed by atoms with Crippen LogP contribution in [0.25, 0.3) is 11.1 Å². The van der Waals surface area contributed by atoms with E-state index < -0.39 is 0 Å². The highest BCUT2D eigenvalue weighted by Crippen LogP contribution is 2.36. The van der Waals surface area contributed by atoms with E-state index in [1.54, 1.807) is 0 Å². The van der Waals surface area contributed by atoms with Crippen LogP contribution in [0, 0.1) is 13.8 Å². The summed E-state index contributed by atoms with van der Waals surface area (Å²) < 4.78 is 6.10. The molecule has 0 aromatic heterocycles. The molecular weight excluding hydrogens is 526 g/mol. The van der Waals surface area contributed by atoms with E-state index in [1.165, 1.54) is 27.9 Å². The van der Waals surface area contributed by atoms with Gasteiger partial charge >= 0.3 is 0 Å². The molecule has 1 fully saturated rings. The van der Waals surface area contributed by atoms with E-state index in [-0.39, 0.29) is 0 Å². The van der Waals surface area contributed by atoms with Gasteiger partial charge in [-0.25, -0.2) is 0 Å². The average molecular weight is 568 g/mol. The number of nitrogens with zero attached hydrogens (tertiary/aromatic N) is 3. The predicted molar refractivity (Wildman–Crippen MR) is 181 cm³/mol. The Morgan fingerprint density at radius 1 is 0.558 bits per heavy atom. The van der Waals surface area contributed by atoms with Crippen LogP contribution in [0.4, 0.5) is 22.7 Å². The fourth-order valence-electron chi connectivity index (χ4n) is 5.73. The number of benzene rings is 5. The van der Waals surface area contributed by atoms with Gasteiger partial charge in [-0.15, -0.1) is 0 Å². The summed E-state index contributed by atoms with van der Waals surface area (Å²) in [6.07, 6.45) is 1.03. The zero-order chi connectivity index (χ0) is 29.4. The summed E-state index contributed by atoms with van der Waals surface area (Å²) in [6, 6.07) is 45.5. The van der Waals surface area contributed by atoms with Gasteiger partial charge in [0.1, 0.15) is 5.75 Å². The standard InChI is InChI=1S/C39H41N3O/c1-31-9-17-36(18-10-31)42(37-19-11-32(2)12-20-37)38-21-13-33(14-22-38)34-15-23-39(24-16-34)43-30-6-25-40-26-28-41(29-27-40)35-7-4-3-5-8-35/h3-5,7-24H,6,25-30H2,1-2H3. The van der Waals surface area contributed by atoms with Crippen LogP contribution in [0.3, 0.4) is 0 Å². The number of ether oxygens (including phenoxy) is 1. The molecule has 1 aliphatic heterocycles. The summed E-state index contributed by atoms with van der Waals surface area (Å²) in [4.78, 5) is 7.34. The summed E-state index contributed by atoms with van der Waals surface area (Å²) in [5, 5.41) is 0. The fourth-order valence-corrected chi connectivity index (χ4v) is 5.73. The molecule has 6 rings (SSSR count). The smallest absolute Gasteiger partial charge is 0.119 e. The molecule has 1 aliphatic rings. The van der Waals surface area contributed by atoms with Crippen molar-refractivity contribution in [3.8, 4) is 16.9 Å². The van der Waals surface area contributed by atoms with Gasteiger partial charge < -0.3 is 14.5 Å². The molecule has 0 unspecified atom stereocenters. The molecule has 5 aromatic carbocycles. The van der Waals surface area contributed by atoms with E-state index in [0.717, 1.165) is 68.6 Å². The number of anilines is 4. The Bertz CT molecular complexity index is 1510. The highest BCUT2D eigenvalue weighted by atomic mass is 16.5. The summed E-state index contributed by atoms with van der Waals surface area (Å²) in [6.45, 7) is 10.5. The molecule has 218 valence electrons. The zero-order valence-electron chi connectivity index (χ0n) is 25.3. The lowest BCUT2D eigenvalue weighted by Crippen LogP contribution is -2.46. The van der Waals surface area contributed by atoms with Crippen LogP contribution in [-0.2, 0) is 0 Å². The van der Waals surface area contributed by atoms with Crippen LogP contribution in [0.1, 0.15) is 17.5 Å². The van der Waals surface area contributed by atoms with Crippen molar-refractivity contribution in [2.45, 2.75) is 20.3 Å². The summed E-state index contributed by atoms with van der Waals surface area (Å²) in [5.74, 6) is 0.930. The Morgan fingerprint density at radius 3 is 1.58 bits per heavy atom. The lowest BCUT2D eigenvalue weighted by molar-refractivity contribution is 0.225. The fraction of sp³-hybridized carbons (Fsp3) is 0.231. The Kier molecular flexibility index (Phi) is 9.05. The molecule has 0 atom stereocenters. The number of piperazine rings is 1. The van der Waals surface area contributed by atoms with Gasteiger partial charge in [0.2, 0.25) is 0 Å². The molecule has 1 saturated heterocycles. The minimum atomic E-state index is 0.737. The van der Waals surface area contributed by atoms with Crippen molar-refractivity contribution in [2.75, 3.05) is 49.1 Å². The quantitative estimate of drug-likeness (QED) is 0.157. The van der Waals surface area contributed by atoms with Gasteiger partial charge in [-0.2, -0.15) is 0 Å². The number of aryl methyl sites for hydroxylation is 2. The lowest BCUT2D eigenvalue weighted by Gasteiger charge is -2.36. The van der Waals surface area contributed by atoms with E-state index >= 15 is 0 Å². The molecule has 0 aliphatic carbocycles. The number of para-hydroxylation sites is 1. The molecule has 0 radical (unpaired) electrons. The summed E-state index contributed by atoms with van der Waals surface area (Å²) in [5.41, 5.74) is 9.66. The van der Waals surface area contributed by atoms with Gasteiger partial charge in [0.15, 0.2) is 0 Å². The second kappa shape index (κ2) is 13.6. The molecule has 43 heavy (non-hydrogen) atoms. The third kappa shape index (κ3) is 7.28. The first-order valence-corrected chi connectivity index (χ1v) is 15.4. The summed E-state index contributed by atoms with van der Waals surface area (Å²) in [7, 11) is 0. The first-order chi connectivity index (χ1) is 21.1. The largest absolute Gasteiger partial charge is 0.494 e. The van der Waals surface area contributed by atoms with Crippen molar-refractivity contribution < 1.29 is 4.74 Å². The maximum Gasteiger partial charge on any atom is 0.119 e. The number of hydrogen-bond donors (Lipinski definition) is 0. The molecule has 0 spiro atoms. The van der Waals surface area contributed by atoms with E-state index in [9.17, 15) is 0 Å². The Morgan fingerprint density at radius 2 is 1.05 bits per heavy atom. The van der Waals surface area contributed by atoms with Crippen molar-refractivity contribution in [1.82, 2.24) is 4.90 Å². The molecule has 4 heteroatoms. The van der Waals surface area contributed by atoms with Gasteiger partial charge in [0.25, 0.3) is 0 Å². The Labute approximate surface area is 256 Å². The SMILES string of the molecule is Cc1ccc(N(c2ccc(C)cc2)c2ccc(-c3ccc(OCCCN4CCN(c5ccccc5)CC4)cc3)cc2)cc1. The molecule has 0 amide bonds. The number of hydrogen-bond acceptors (Lipinski definition) is 4. The van der Waals surface area contributed by atoms with Gasteiger partial charge in [0.05, 0.1) is 6.61 Å². The summed E-state index contributed by atoms with van der Waals surface area (Å²) >= 11 is 0. The van der Waals surface area contributed by atoms with Crippen molar-refractivity contribution in [2.24, 2.45) is 0 Å². The van der Waals surface area contributed by atoms with Crippen LogP contribution < -0.4 is 14.5 Å². The highest BCUT2D eigenvalue weighted by Gasteiger charge is 2.17. The maximum absolute atomic E-state index is 6.10. The van der Waals surface area contributed by atoms with Gasteiger partial charge in [-0.3, -0.25) is 4.90 Å². The lowest BCUT2D eigenvalue weighted by atomic mass is 10.0. The minimum absolute atomic E-state index is 0.737. The molecule has 0 N–H and O–H groups in total. The normalized spacial score (nSPS) is 13.6. The van der Waals surface area contributed by atoms with Gasteiger partial charge in [-0.05, 0) is 92.1 Å². The third-order valence-corrected chi connectivity index (χ3v) is 8.28. The highest BCUT2D eigenvalue weighted by molar-refractivity contribution is 5.78. The van der Waals surface area contributed by atoms with Gasteiger partial charge in [-0.1, -0.05) is 77.9 Å². The first kappa shape index (κ1) is 28.6. The van der Waals surface area contributed by atoms with Crippen LogP contribution >= 0.6 is 0 Å². The Hall–Kier alpha value is -4.54. The predicted octanol–water partition coefficient (Wildman–Crippen LogP) is 9.03. The number of rotatable bonds is 10. The molecule has 0 saturated carbocycles. The van der Waals surface area contributed by atoms with Crippen LogP contribution in [0.5, 0.6) is 5.75 Å². The molecule has 1 heterocycles. The van der Waals surface area contributed by atoms with E-state index in [2.05, 4.69) is 156 Å². The molecular formula is C39H41N3O. The van der Waals surface area contributed by atoms with E-state index in [4.69, 9.17) is 4.74 Å². The zero-order valence-corrected chi connectivity index (χ0v) is 25.3. The maximum atomic E-state index is 6.10. The van der Waals surface area contributed by atoms with Crippen LogP contribution in [0.15, 0.2) is 127 Å². The second-order valence-electron chi connectivity index (χ2n) is 11.4. The molecule has 4 nitrogen and oxygen atoms in total. The van der Waals surface area contributed by atoms with Crippen molar-refractivity contribution in [3.05, 3.63) is 139 Å². The second-order valence-corrected chi connectivity index (χ2v) is 11.4. The Balaban J connectivity index is 1.02. The third-order valence-electron chi connectivity index (χ3n) is 8.28. The van der Waals surface area contributed by atoms with Crippen molar-refractivity contribution in [3.63, 3.8) is 0 Å². The van der Waals surface area contributed by atoms with Crippen molar-refractivity contribution in [1.29, 1.82) is 0 Å². The minimum Gasteiger partial charge on any atom is -0.494 e.